The van der Waals surface area contributed by atoms with Crippen molar-refractivity contribution in [2.75, 3.05) is 18.1 Å². The van der Waals surface area contributed by atoms with Crippen LogP contribution in [0.4, 0.5) is 0 Å². The molecule has 0 spiro atoms. The van der Waals surface area contributed by atoms with Gasteiger partial charge in [-0.25, -0.2) is 4.79 Å². The number of nitrogens with two attached hydrogens (primary N) is 1. The van der Waals surface area contributed by atoms with Crippen molar-refractivity contribution in [1.29, 1.82) is 0 Å². The predicted molar refractivity (Wildman–Crippen MR) is 49.3 cm³/mol. The van der Waals surface area contributed by atoms with Crippen molar-refractivity contribution < 1.29 is 15.0 Å². The van der Waals surface area contributed by atoms with Gasteiger partial charge in [0, 0.05) is 5.75 Å². The summed E-state index contributed by atoms with van der Waals surface area (Å²) in [4.78, 5) is 10.4. The first-order valence-corrected chi connectivity index (χ1v) is 4.90. The fraction of sp³-hybridized carbons (Fsp3) is 0.857. The predicted octanol–water partition coefficient (Wildman–Crippen LogP) is -0.0960. The van der Waals surface area contributed by atoms with Gasteiger partial charge in [-0.2, -0.15) is 11.8 Å². The Bertz CT molecular complexity index is 150. The van der Waals surface area contributed by atoms with Crippen molar-refractivity contribution in [2.45, 2.75) is 18.9 Å². The number of carboxylic acids is 1. The zero-order chi connectivity index (χ0) is 9.61. The lowest BCUT2D eigenvalue weighted by Crippen LogP contribution is -2.37. The van der Waals surface area contributed by atoms with Crippen LogP contribution in [-0.4, -0.2) is 39.8 Å². The summed E-state index contributed by atoms with van der Waals surface area (Å²) in [6.45, 7) is 1.90. The summed E-state index contributed by atoms with van der Waals surface area (Å²) in [5, 5.41) is 17.7. The molecule has 0 aromatic rings. The van der Waals surface area contributed by atoms with Crippen molar-refractivity contribution in [2.24, 2.45) is 5.73 Å². The van der Waals surface area contributed by atoms with Crippen LogP contribution < -0.4 is 5.73 Å². The second-order valence-electron chi connectivity index (χ2n) is 2.77. The second kappa shape index (κ2) is 5.40. The van der Waals surface area contributed by atoms with Crippen molar-refractivity contribution in [3.8, 4) is 0 Å². The third-order valence-electron chi connectivity index (χ3n) is 1.34. The topological polar surface area (TPSA) is 83.5 Å². The number of carboxylic acid groups (broad SMARTS) is 1. The Morgan fingerprint density at radius 1 is 1.67 bits per heavy atom. The molecular weight excluding hydrogens is 178 g/mol. The van der Waals surface area contributed by atoms with E-state index in [1.54, 1.807) is 0 Å². The number of carbonyl (C=O) groups is 1. The Hall–Kier alpha value is -0.260. The van der Waals surface area contributed by atoms with Crippen LogP contribution in [0.3, 0.4) is 0 Å². The van der Waals surface area contributed by atoms with Crippen LogP contribution in [0.2, 0.25) is 0 Å². The Labute approximate surface area is 76.1 Å². The van der Waals surface area contributed by atoms with E-state index in [9.17, 15) is 9.90 Å². The van der Waals surface area contributed by atoms with Gasteiger partial charge in [0.1, 0.15) is 0 Å². The fourth-order valence-corrected chi connectivity index (χ4v) is 1.55. The number of aliphatic hydroxyl groups is 1. The van der Waals surface area contributed by atoms with E-state index in [1.807, 2.05) is 0 Å². The smallest absolute Gasteiger partial charge is 0.336 e. The van der Waals surface area contributed by atoms with Gasteiger partial charge >= 0.3 is 5.97 Å². The van der Waals surface area contributed by atoms with Gasteiger partial charge in [-0.05, 0) is 25.6 Å². The summed E-state index contributed by atoms with van der Waals surface area (Å²) in [5.74, 6) is -0.176. The van der Waals surface area contributed by atoms with E-state index in [1.165, 1.54) is 18.7 Å². The summed E-state index contributed by atoms with van der Waals surface area (Å²) in [6.07, 6.45) is 0.848. The molecule has 0 aliphatic rings. The van der Waals surface area contributed by atoms with Crippen LogP contribution >= 0.6 is 11.8 Å². The van der Waals surface area contributed by atoms with Gasteiger partial charge in [0.2, 0.25) is 0 Å². The number of rotatable bonds is 6. The van der Waals surface area contributed by atoms with Gasteiger partial charge in [0.15, 0.2) is 5.60 Å². The standard InChI is InChI=1S/C7H15NO3S/c1-7(11,6(9)10)5-12-4-2-3-8/h11H,2-5,8H2,1H3,(H,9,10). The van der Waals surface area contributed by atoms with Crippen molar-refractivity contribution in [1.82, 2.24) is 0 Å². The van der Waals surface area contributed by atoms with E-state index in [2.05, 4.69) is 0 Å². The zero-order valence-corrected chi connectivity index (χ0v) is 7.93. The molecule has 0 aliphatic heterocycles. The minimum Gasteiger partial charge on any atom is -0.479 e. The molecule has 5 heteroatoms. The molecule has 0 radical (unpaired) electrons. The highest BCUT2D eigenvalue weighted by Gasteiger charge is 2.29. The van der Waals surface area contributed by atoms with E-state index < -0.39 is 11.6 Å². The highest BCUT2D eigenvalue weighted by molar-refractivity contribution is 7.99. The van der Waals surface area contributed by atoms with Crippen LogP contribution in [0.1, 0.15) is 13.3 Å². The lowest BCUT2D eigenvalue weighted by Gasteiger charge is -2.16. The Kier molecular flexibility index (Phi) is 5.28. The molecule has 1 unspecified atom stereocenters. The maximum Gasteiger partial charge on any atom is 0.336 e. The van der Waals surface area contributed by atoms with Gasteiger partial charge in [-0.15, -0.1) is 0 Å². The Morgan fingerprint density at radius 2 is 2.25 bits per heavy atom. The number of hydrogen-bond acceptors (Lipinski definition) is 4. The summed E-state index contributed by atoms with van der Waals surface area (Å²) in [5.41, 5.74) is 3.63. The summed E-state index contributed by atoms with van der Waals surface area (Å²) in [6, 6.07) is 0. The molecule has 0 aromatic carbocycles. The maximum atomic E-state index is 10.4. The van der Waals surface area contributed by atoms with Gasteiger partial charge < -0.3 is 15.9 Å². The molecule has 0 aromatic heterocycles. The van der Waals surface area contributed by atoms with Crippen molar-refractivity contribution in [3.05, 3.63) is 0 Å². The van der Waals surface area contributed by atoms with Crippen molar-refractivity contribution in [3.63, 3.8) is 0 Å². The number of hydrogen-bond donors (Lipinski definition) is 3. The highest BCUT2D eigenvalue weighted by Crippen LogP contribution is 2.13. The van der Waals surface area contributed by atoms with Crippen LogP contribution in [0.25, 0.3) is 0 Å². The fourth-order valence-electron chi connectivity index (χ4n) is 0.518. The lowest BCUT2D eigenvalue weighted by molar-refractivity contribution is -0.154. The largest absolute Gasteiger partial charge is 0.479 e. The SMILES string of the molecule is CC(O)(CSCCCN)C(=O)O. The Morgan fingerprint density at radius 3 is 2.67 bits per heavy atom. The van der Waals surface area contributed by atoms with Gasteiger partial charge in [-0.1, -0.05) is 0 Å². The van der Waals surface area contributed by atoms with E-state index in [0.29, 0.717) is 6.54 Å². The molecule has 0 saturated heterocycles. The molecule has 0 saturated carbocycles. The quantitative estimate of drug-likeness (QED) is 0.513. The third kappa shape index (κ3) is 4.58. The Balaban J connectivity index is 3.54. The van der Waals surface area contributed by atoms with Crippen LogP contribution in [0.15, 0.2) is 0 Å². The number of thioether (sulfide) groups is 1. The van der Waals surface area contributed by atoms with E-state index in [4.69, 9.17) is 10.8 Å². The summed E-state index contributed by atoms with van der Waals surface area (Å²) in [7, 11) is 0. The molecule has 0 amide bonds. The summed E-state index contributed by atoms with van der Waals surface area (Å²) < 4.78 is 0. The van der Waals surface area contributed by atoms with Gasteiger partial charge in [-0.3, -0.25) is 0 Å². The normalized spacial score (nSPS) is 15.6. The molecule has 72 valence electrons. The maximum absolute atomic E-state index is 10.4. The minimum atomic E-state index is -1.61. The average Bonchev–Trinajstić information content (AvgIpc) is 1.98. The molecule has 0 bridgehead atoms. The minimum absolute atomic E-state index is 0.211. The molecule has 0 aliphatic carbocycles. The molecule has 4 nitrogen and oxygen atoms in total. The van der Waals surface area contributed by atoms with E-state index in [0.717, 1.165) is 12.2 Å². The van der Waals surface area contributed by atoms with Crippen LogP contribution in [0.5, 0.6) is 0 Å². The average molecular weight is 193 g/mol. The van der Waals surface area contributed by atoms with Crippen LogP contribution in [-0.2, 0) is 4.79 Å². The summed E-state index contributed by atoms with van der Waals surface area (Å²) >= 11 is 1.40. The van der Waals surface area contributed by atoms with Gasteiger partial charge in [0.05, 0.1) is 0 Å². The molecule has 0 rings (SSSR count). The van der Waals surface area contributed by atoms with Gasteiger partial charge in [0.25, 0.3) is 0 Å². The third-order valence-corrected chi connectivity index (χ3v) is 2.68. The lowest BCUT2D eigenvalue weighted by atomic mass is 10.1. The monoisotopic (exact) mass is 193 g/mol. The zero-order valence-electron chi connectivity index (χ0n) is 7.12. The first-order chi connectivity index (χ1) is 5.50. The number of aliphatic carboxylic acids is 1. The molecule has 4 N–H and O–H groups in total. The van der Waals surface area contributed by atoms with E-state index >= 15 is 0 Å². The molecule has 1 atom stereocenters. The van der Waals surface area contributed by atoms with E-state index in [-0.39, 0.29) is 5.75 Å². The first-order valence-electron chi connectivity index (χ1n) is 3.74. The molecule has 12 heavy (non-hydrogen) atoms. The molecule has 0 heterocycles. The van der Waals surface area contributed by atoms with Crippen LogP contribution in [0, 0.1) is 0 Å². The second-order valence-corrected chi connectivity index (χ2v) is 3.88. The molecular formula is C7H15NO3S. The molecule has 0 fully saturated rings. The first kappa shape index (κ1) is 11.7. The van der Waals surface area contributed by atoms with Crippen molar-refractivity contribution >= 4 is 17.7 Å². The highest BCUT2D eigenvalue weighted by atomic mass is 32.2.